The van der Waals surface area contributed by atoms with Gasteiger partial charge in [0, 0.05) is 16.6 Å². The first-order chi connectivity index (χ1) is 15.0. The van der Waals surface area contributed by atoms with E-state index in [-0.39, 0.29) is 17.5 Å². The predicted octanol–water partition coefficient (Wildman–Crippen LogP) is 5.48. The molecule has 0 aliphatic carbocycles. The molecule has 0 fully saturated rings. The van der Waals surface area contributed by atoms with Crippen LogP contribution in [0.2, 0.25) is 0 Å². The van der Waals surface area contributed by atoms with E-state index in [1.165, 1.54) is 23.9 Å². The van der Waals surface area contributed by atoms with Crippen LogP contribution in [0.5, 0.6) is 5.75 Å². The summed E-state index contributed by atoms with van der Waals surface area (Å²) in [7, 11) is 1.60. The number of carbonyl (C=O) groups excluding carboxylic acids is 1. The van der Waals surface area contributed by atoms with E-state index in [0.29, 0.717) is 16.5 Å². The number of carbonyl (C=O) groups is 1. The van der Waals surface area contributed by atoms with E-state index in [2.05, 4.69) is 15.3 Å². The first-order valence-corrected chi connectivity index (χ1v) is 10.6. The van der Waals surface area contributed by atoms with E-state index >= 15 is 0 Å². The van der Waals surface area contributed by atoms with Gasteiger partial charge in [-0.25, -0.2) is 14.4 Å². The average molecular weight is 434 g/mol. The highest BCUT2D eigenvalue weighted by Crippen LogP contribution is 2.30. The fourth-order valence-electron chi connectivity index (χ4n) is 3.11. The topological polar surface area (TPSA) is 64.1 Å². The molecule has 0 atom stereocenters. The standard InChI is InChI=1S/C24H20FN3O2S/c1-15-4-3-5-20-22(15)27-23(16-6-8-17(25)9-7-16)28-24(20)31-14-21(29)26-18-10-12-19(30-2)13-11-18/h3-13H,14H2,1-2H3,(H,26,29). The Bertz CT molecular complexity index is 1230. The smallest absolute Gasteiger partial charge is 0.234 e. The third-order valence-electron chi connectivity index (χ3n) is 4.71. The lowest BCUT2D eigenvalue weighted by atomic mass is 10.1. The summed E-state index contributed by atoms with van der Waals surface area (Å²) in [6, 6.07) is 19.1. The van der Waals surface area contributed by atoms with E-state index in [9.17, 15) is 9.18 Å². The molecule has 0 aliphatic heterocycles. The lowest BCUT2D eigenvalue weighted by Gasteiger charge is -2.11. The van der Waals surface area contributed by atoms with Crippen molar-refractivity contribution in [1.29, 1.82) is 0 Å². The summed E-state index contributed by atoms with van der Waals surface area (Å²) in [6.45, 7) is 1.98. The fourth-order valence-corrected chi connectivity index (χ4v) is 3.92. The number of aryl methyl sites for hydroxylation is 1. The van der Waals surface area contributed by atoms with Crippen LogP contribution in [0.3, 0.4) is 0 Å². The van der Waals surface area contributed by atoms with E-state index in [1.807, 2.05) is 25.1 Å². The number of halogens is 1. The van der Waals surface area contributed by atoms with Crippen LogP contribution in [0.1, 0.15) is 5.56 Å². The quantitative estimate of drug-likeness (QED) is 0.322. The first kappa shape index (κ1) is 20.8. The van der Waals surface area contributed by atoms with Gasteiger partial charge < -0.3 is 10.1 Å². The Labute approximate surface area is 183 Å². The highest BCUT2D eigenvalue weighted by molar-refractivity contribution is 8.00. The number of anilines is 1. The number of nitrogens with zero attached hydrogens (tertiary/aromatic N) is 2. The van der Waals surface area contributed by atoms with Gasteiger partial charge in [0.15, 0.2) is 5.82 Å². The highest BCUT2D eigenvalue weighted by Gasteiger charge is 2.13. The molecule has 0 aliphatic rings. The summed E-state index contributed by atoms with van der Waals surface area (Å²) in [6.07, 6.45) is 0. The minimum Gasteiger partial charge on any atom is -0.497 e. The van der Waals surface area contributed by atoms with Crippen LogP contribution in [0.25, 0.3) is 22.3 Å². The molecular weight excluding hydrogens is 413 g/mol. The second-order valence-corrected chi connectivity index (χ2v) is 7.86. The van der Waals surface area contributed by atoms with Gasteiger partial charge in [0.1, 0.15) is 16.6 Å². The molecule has 0 spiro atoms. The molecule has 156 valence electrons. The molecule has 4 aromatic rings. The summed E-state index contributed by atoms with van der Waals surface area (Å²) < 4.78 is 18.5. The Morgan fingerprint density at radius 2 is 1.77 bits per heavy atom. The Hall–Kier alpha value is -3.45. The zero-order valence-electron chi connectivity index (χ0n) is 17.1. The second kappa shape index (κ2) is 9.14. The van der Waals surface area contributed by atoms with Gasteiger partial charge in [0.05, 0.1) is 18.4 Å². The molecule has 4 rings (SSSR count). The molecule has 7 heteroatoms. The zero-order valence-corrected chi connectivity index (χ0v) is 17.9. The number of methoxy groups -OCH3 is 1. The van der Waals surface area contributed by atoms with Crippen molar-refractivity contribution in [3.8, 4) is 17.1 Å². The number of nitrogens with one attached hydrogen (secondary N) is 1. The van der Waals surface area contributed by atoms with Gasteiger partial charge in [-0.1, -0.05) is 30.0 Å². The van der Waals surface area contributed by atoms with Crippen molar-refractivity contribution in [3.05, 3.63) is 78.1 Å². The lowest BCUT2D eigenvalue weighted by Crippen LogP contribution is -2.14. The molecule has 0 saturated heterocycles. The predicted molar refractivity (Wildman–Crippen MR) is 122 cm³/mol. The molecule has 0 radical (unpaired) electrons. The Balaban J connectivity index is 1.59. The van der Waals surface area contributed by atoms with Crippen molar-refractivity contribution in [3.63, 3.8) is 0 Å². The highest BCUT2D eigenvalue weighted by atomic mass is 32.2. The average Bonchev–Trinajstić information content (AvgIpc) is 2.79. The maximum atomic E-state index is 13.3. The van der Waals surface area contributed by atoms with Crippen molar-refractivity contribution in [2.45, 2.75) is 11.9 Å². The normalized spacial score (nSPS) is 10.8. The van der Waals surface area contributed by atoms with Crippen LogP contribution in [0.4, 0.5) is 10.1 Å². The van der Waals surface area contributed by atoms with Crippen LogP contribution >= 0.6 is 11.8 Å². The molecule has 31 heavy (non-hydrogen) atoms. The molecule has 0 unspecified atom stereocenters. The third-order valence-corrected chi connectivity index (χ3v) is 5.70. The first-order valence-electron chi connectivity index (χ1n) is 9.63. The Kier molecular flexibility index (Phi) is 6.13. The largest absolute Gasteiger partial charge is 0.497 e. The van der Waals surface area contributed by atoms with Crippen LogP contribution in [0, 0.1) is 12.7 Å². The number of amides is 1. The van der Waals surface area contributed by atoms with E-state index in [0.717, 1.165) is 27.8 Å². The summed E-state index contributed by atoms with van der Waals surface area (Å²) in [5.41, 5.74) is 3.24. The zero-order chi connectivity index (χ0) is 21.8. The van der Waals surface area contributed by atoms with Crippen LogP contribution in [-0.4, -0.2) is 28.7 Å². The van der Waals surface area contributed by atoms with Crippen LogP contribution < -0.4 is 10.1 Å². The van der Waals surface area contributed by atoms with E-state index < -0.39 is 0 Å². The molecular formula is C24H20FN3O2S. The summed E-state index contributed by atoms with van der Waals surface area (Å²) in [5.74, 6) is 0.960. The third kappa shape index (κ3) is 4.83. The molecule has 1 N–H and O–H groups in total. The van der Waals surface area contributed by atoms with Crippen LogP contribution in [-0.2, 0) is 4.79 Å². The maximum absolute atomic E-state index is 13.3. The van der Waals surface area contributed by atoms with Gasteiger partial charge in [-0.05, 0) is 61.0 Å². The number of fused-ring (bicyclic) bond motifs is 1. The van der Waals surface area contributed by atoms with Crippen molar-refractivity contribution in [2.75, 3.05) is 18.2 Å². The molecule has 0 bridgehead atoms. The minimum absolute atomic E-state index is 0.141. The van der Waals surface area contributed by atoms with Crippen molar-refractivity contribution >= 4 is 34.3 Å². The van der Waals surface area contributed by atoms with E-state index in [1.54, 1.807) is 43.5 Å². The molecule has 1 aromatic heterocycles. The summed E-state index contributed by atoms with van der Waals surface area (Å²) in [5, 5.41) is 4.46. The van der Waals surface area contributed by atoms with Crippen molar-refractivity contribution in [1.82, 2.24) is 9.97 Å². The molecule has 1 amide bonds. The molecule has 1 heterocycles. The van der Waals surface area contributed by atoms with Crippen molar-refractivity contribution in [2.24, 2.45) is 0 Å². The Morgan fingerprint density at radius 3 is 2.48 bits per heavy atom. The molecule has 0 saturated carbocycles. The number of aromatic nitrogens is 2. The fraction of sp³-hybridized carbons (Fsp3) is 0.125. The van der Waals surface area contributed by atoms with Gasteiger partial charge in [0.2, 0.25) is 5.91 Å². The monoisotopic (exact) mass is 433 g/mol. The molecule has 5 nitrogen and oxygen atoms in total. The number of thioether (sulfide) groups is 1. The summed E-state index contributed by atoms with van der Waals surface area (Å²) >= 11 is 1.34. The van der Waals surface area contributed by atoms with Crippen molar-refractivity contribution < 1.29 is 13.9 Å². The van der Waals surface area contributed by atoms with Gasteiger partial charge in [-0.3, -0.25) is 4.79 Å². The minimum atomic E-state index is -0.314. The number of hydrogen-bond donors (Lipinski definition) is 1. The van der Waals surface area contributed by atoms with E-state index in [4.69, 9.17) is 4.74 Å². The van der Waals surface area contributed by atoms with Gasteiger partial charge >= 0.3 is 0 Å². The SMILES string of the molecule is COc1ccc(NC(=O)CSc2nc(-c3ccc(F)cc3)nc3c(C)cccc23)cc1. The number of para-hydroxylation sites is 1. The summed E-state index contributed by atoms with van der Waals surface area (Å²) in [4.78, 5) is 21.9. The second-order valence-electron chi connectivity index (χ2n) is 6.90. The van der Waals surface area contributed by atoms with Gasteiger partial charge in [-0.2, -0.15) is 0 Å². The lowest BCUT2D eigenvalue weighted by molar-refractivity contribution is -0.113. The van der Waals surface area contributed by atoms with Gasteiger partial charge in [-0.15, -0.1) is 0 Å². The maximum Gasteiger partial charge on any atom is 0.234 e. The number of hydrogen-bond acceptors (Lipinski definition) is 5. The number of benzene rings is 3. The van der Waals surface area contributed by atoms with Crippen LogP contribution in [0.15, 0.2) is 71.8 Å². The Morgan fingerprint density at radius 1 is 1.03 bits per heavy atom. The number of rotatable bonds is 6. The number of ether oxygens (including phenoxy) is 1. The molecule has 3 aromatic carbocycles. The van der Waals surface area contributed by atoms with Gasteiger partial charge in [0.25, 0.3) is 0 Å².